The van der Waals surface area contributed by atoms with Crippen LogP contribution >= 0.6 is 11.3 Å². The van der Waals surface area contributed by atoms with Crippen LogP contribution in [-0.4, -0.2) is 38.0 Å². The summed E-state index contributed by atoms with van der Waals surface area (Å²) in [4.78, 5) is 35.4. The normalized spacial score (nSPS) is 9.96. The molecule has 1 aromatic carbocycles. The van der Waals surface area contributed by atoms with Crippen LogP contribution in [0.15, 0.2) is 41.8 Å². The van der Waals surface area contributed by atoms with Crippen LogP contribution in [0.3, 0.4) is 0 Å². The third-order valence-corrected chi connectivity index (χ3v) is 4.02. The minimum Gasteiger partial charge on any atom is -0.497 e. The lowest BCUT2D eigenvalue weighted by molar-refractivity contribution is -0.147. The maximum Gasteiger partial charge on any atom is 0.325 e. The van der Waals surface area contributed by atoms with Gasteiger partial charge in [0.15, 0.2) is 6.61 Å². The van der Waals surface area contributed by atoms with E-state index < -0.39 is 18.5 Å². The van der Waals surface area contributed by atoms with Crippen LogP contribution in [0.5, 0.6) is 5.75 Å². The summed E-state index contributed by atoms with van der Waals surface area (Å²) in [6, 6.07) is 10.6. The van der Waals surface area contributed by atoms with E-state index in [2.05, 4.69) is 10.6 Å². The molecule has 1 heterocycles. The molecular formula is C17H18N2O5S. The van der Waals surface area contributed by atoms with Crippen LogP contribution in [0.1, 0.15) is 15.2 Å². The van der Waals surface area contributed by atoms with Gasteiger partial charge in [0.25, 0.3) is 11.8 Å². The zero-order chi connectivity index (χ0) is 18.1. The number of hydrogen-bond donors (Lipinski definition) is 2. The van der Waals surface area contributed by atoms with E-state index in [1.807, 2.05) is 12.1 Å². The molecule has 25 heavy (non-hydrogen) atoms. The van der Waals surface area contributed by atoms with Gasteiger partial charge in [-0.15, -0.1) is 11.3 Å². The van der Waals surface area contributed by atoms with Crippen LogP contribution in [-0.2, 0) is 20.9 Å². The van der Waals surface area contributed by atoms with Crippen molar-refractivity contribution >= 4 is 29.1 Å². The monoisotopic (exact) mass is 362 g/mol. The number of carbonyl (C=O) groups excluding carboxylic acids is 3. The van der Waals surface area contributed by atoms with E-state index in [-0.39, 0.29) is 12.5 Å². The van der Waals surface area contributed by atoms with Crippen molar-refractivity contribution in [1.82, 2.24) is 10.6 Å². The molecule has 0 saturated heterocycles. The minimum absolute atomic E-state index is 0.289. The molecule has 2 aromatic rings. The van der Waals surface area contributed by atoms with E-state index in [0.29, 0.717) is 11.4 Å². The third kappa shape index (κ3) is 6.27. The Morgan fingerprint density at radius 2 is 1.84 bits per heavy atom. The van der Waals surface area contributed by atoms with Gasteiger partial charge in [-0.1, -0.05) is 18.2 Å². The second kappa shape index (κ2) is 9.43. The summed E-state index contributed by atoms with van der Waals surface area (Å²) >= 11 is 1.27. The minimum atomic E-state index is -0.676. The molecule has 2 N–H and O–H groups in total. The highest BCUT2D eigenvalue weighted by molar-refractivity contribution is 7.12. The molecule has 0 aliphatic heterocycles. The van der Waals surface area contributed by atoms with E-state index >= 15 is 0 Å². The van der Waals surface area contributed by atoms with Gasteiger partial charge in [-0.25, -0.2) is 0 Å². The first-order chi connectivity index (χ1) is 12.1. The molecule has 132 valence electrons. The highest BCUT2D eigenvalue weighted by atomic mass is 32.1. The maximum absolute atomic E-state index is 11.7. The van der Waals surface area contributed by atoms with Gasteiger partial charge < -0.3 is 20.1 Å². The molecule has 0 atom stereocenters. The predicted octanol–water partition coefficient (Wildman–Crippen LogP) is 1.35. The van der Waals surface area contributed by atoms with Crippen LogP contribution in [0, 0.1) is 0 Å². The molecule has 8 heteroatoms. The Kier molecular flexibility index (Phi) is 6.97. The molecule has 0 spiro atoms. The number of amides is 2. The Morgan fingerprint density at radius 3 is 2.48 bits per heavy atom. The lowest BCUT2D eigenvalue weighted by Gasteiger charge is -2.08. The molecule has 0 saturated carbocycles. The second-order valence-corrected chi connectivity index (χ2v) is 5.89. The average molecular weight is 362 g/mol. The summed E-state index contributed by atoms with van der Waals surface area (Å²) in [6.07, 6.45) is 0. The summed E-state index contributed by atoms with van der Waals surface area (Å²) < 4.78 is 9.86. The second-order valence-electron chi connectivity index (χ2n) is 4.95. The first-order valence-corrected chi connectivity index (χ1v) is 8.33. The van der Waals surface area contributed by atoms with E-state index in [1.165, 1.54) is 11.3 Å². The zero-order valence-electron chi connectivity index (χ0n) is 13.6. The van der Waals surface area contributed by atoms with Gasteiger partial charge in [0.05, 0.1) is 12.0 Å². The number of rotatable bonds is 8. The Balaban J connectivity index is 1.63. The Hall–Kier alpha value is -2.87. The number of hydrogen-bond acceptors (Lipinski definition) is 6. The summed E-state index contributed by atoms with van der Waals surface area (Å²) in [5.74, 6) is -0.720. The van der Waals surface area contributed by atoms with Crippen molar-refractivity contribution in [2.45, 2.75) is 6.54 Å². The van der Waals surface area contributed by atoms with Crippen molar-refractivity contribution in [2.24, 2.45) is 0 Å². The molecule has 0 aliphatic rings. The topological polar surface area (TPSA) is 93.7 Å². The Bertz CT molecular complexity index is 713. The number of esters is 1. The first-order valence-electron chi connectivity index (χ1n) is 7.45. The van der Waals surface area contributed by atoms with Crippen LogP contribution < -0.4 is 15.4 Å². The molecule has 1 aromatic heterocycles. The highest BCUT2D eigenvalue weighted by Gasteiger charge is 2.11. The summed E-state index contributed by atoms with van der Waals surface area (Å²) in [7, 11) is 1.58. The molecule has 0 unspecified atom stereocenters. The fourth-order valence-electron chi connectivity index (χ4n) is 1.84. The van der Waals surface area contributed by atoms with Crippen molar-refractivity contribution in [3.63, 3.8) is 0 Å². The number of carbonyl (C=O) groups is 3. The van der Waals surface area contributed by atoms with Crippen molar-refractivity contribution in [2.75, 3.05) is 20.3 Å². The lowest BCUT2D eigenvalue weighted by Crippen LogP contribution is -2.33. The van der Waals surface area contributed by atoms with Gasteiger partial charge in [-0.05, 0) is 29.1 Å². The third-order valence-electron chi connectivity index (χ3n) is 3.15. The number of methoxy groups -OCH3 is 1. The zero-order valence-corrected chi connectivity index (χ0v) is 14.4. The largest absolute Gasteiger partial charge is 0.497 e. The molecule has 2 rings (SSSR count). The smallest absolute Gasteiger partial charge is 0.325 e. The van der Waals surface area contributed by atoms with E-state index in [1.54, 1.807) is 36.8 Å². The Morgan fingerprint density at radius 1 is 1.08 bits per heavy atom. The molecule has 2 amide bonds. The van der Waals surface area contributed by atoms with Crippen molar-refractivity contribution in [3.8, 4) is 5.75 Å². The van der Waals surface area contributed by atoms with E-state index in [4.69, 9.17) is 9.47 Å². The predicted molar refractivity (Wildman–Crippen MR) is 92.5 cm³/mol. The van der Waals surface area contributed by atoms with Gasteiger partial charge in [-0.3, -0.25) is 14.4 Å². The van der Waals surface area contributed by atoms with Gasteiger partial charge in [0, 0.05) is 6.54 Å². The van der Waals surface area contributed by atoms with Gasteiger partial charge in [-0.2, -0.15) is 0 Å². The summed E-state index contributed by atoms with van der Waals surface area (Å²) in [5, 5.41) is 6.83. The fraction of sp³-hybridized carbons (Fsp3) is 0.235. The van der Waals surface area contributed by atoms with Crippen LogP contribution in [0.4, 0.5) is 0 Å². The SMILES string of the molecule is COc1ccc(CNC(=O)COC(=O)CNC(=O)c2cccs2)cc1. The van der Waals surface area contributed by atoms with Gasteiger partial charge in [0.2, 0.25) is 0 Å². The number of thiophene rings is 1. The number of nitrogens with one attached hydrogen (secondary N) is 2. The average Bonchev–Trinajstić information content (AvgIpc) is 3.18. The van der Waals surface area contributed by atoms with Crippen LogP contribution in [0.2, 0.25) is 0 Å². The van der Waals surface area contributed by atoms with Crippen LogP contribution in [0.25, 0.3) is 0 Å². The van der Waals surface area contributed by atoms with E-state index in [9.17, 15) is 14.4 Å². The maximum atomic E-state index is 11.7. The first kappa shape index (κ1) is 18.5. The van der Waals surface area contributed by atoms with Crippen molar-refractivity contribution < 1.29 is 23.9 Å². The fourth-order valence-corrected chi connectivity index (χ4v) is 2.48. The number of ether oxygens (including phenoxy) is 2. The molecule has 0 fully saturated rings. The lowest BCUT2D eigenvalue weighted by atomic mass is 10.2. The molecule has 0 radical (unpaired) electrons. The number of benzene rings is 1. The summed E-state index contributed by atoms with van der Waals surface area (Å²) in [6.45, 7) is -0.373. The van der Waals surface area contributed by atoms with Gasteiger partial charge >= 0.3 is 5.97 Å². The molecular weight excluding hydrogens is 344 g/mol. The molecule has 0 bridgehead atoms. The standard InChI is InChI=1S/C17H18N2O5S/c1-23-13-6-4-12(5-7-13)9-18-15(20)11-24-16(21)10-19-17(22)14-3-2-8-25-14/h2-8H,9-11H2,1H3,(H,18,20)(H,19,22). The molecule has 0 aliphatic carbocycles. The summed E-state index contributed by atoms with van der Waals surface area (Å²) in [5.41, 5.74) is 0.892. The van der Waals surface area contributed by atoms with Gasteiger partial charge in [0.1, 0.15) is 12.3 Å². The van der Waals surface area contributed by atoms with E-state index in [0.717, 1.165) is 11.3 Å². The highest BCUT2D eigenvalue weighted by Crippen LogP contribution is 2.10. The molecule has 7 nitrogen and oxygen atoms in total. The van der Waals surface area contributed by atoms with Crippen molar-refractivity contribution in [3.05, 3.63) is 52.2 Å². The van der Waals surface area contributed by atoms with Crippen molar-refractivity contribution in [1.29, 1.82) is 0 Å². The Labute approximate surface area is 148 Å². The quantitative estimate of drug-likeness (QED) is 0.692.